The van der Waals surface area contributed by atoms with Crippen LogP contribution >= 0.6 is 11.8 Å². The number of carbonyl (C=O) groups is 2. The molecular weight excluding hydrogens is 517 g/mol. The Morgan fingerprint density at radius 3 is 2.49 bits per heavy atom. The number of nitrogens with zero attached hydrogens (tertiary/aromatic N) is 3. The van der Waals surface area contributed by atoms with E-state index in [4.69, 9.17) is 9.47 Å². The zero-order valence-corrected chi connectivity index (χ0v) is 23.0. The number of ether oxygens (including phenoxy) is 2. The van der Waals surface area contributed by atoms with Crippen molar-refractivity contribution in [3.05, 3.63) is 82.5 Å². The van der Waals surface area contributed by atoms with Gasteiger partial charge in [-0.3, -0.25) is 9.59 Å². The van der Waals surface area contributed by atoms with Crippen molar-refractivity contribution in [3.63, 3.8) is 0 Å². The summed E-state index contributed by atoms with van der Waals surface area (Å²) < 4.78 is 25.2. The zero-order chi connectivity index (χ0) is 27.5. The lowest BCUT2D eigenvalue weighted by atomic mass is 10.1. The van der Waals surface area contributed by atoms with Gasteiger partial charge in [0.25, 0.3) is 11.8 Å². The third-order valence-corrected chi connectivity index (χ3v) is 7.93. The van der Waals surface area contributed by atoms with Crippen LogP contribution < -0.4 is 19.3 Å². The quantitative estimate of drug-likeness (QED) is 0.390. The van der Waals surface area contributed by atoms with Crippen molar-refractivity contribution in [1.29, 1.82) is 0 Å². The highest BCUT2D eigenvalue weighted by atomic mass is 32.2. The minimum atomic E-state index is -0.257. The number of halogens is 1. The molecule has 0 radical (unpaired) electrons. The van der Waals surface area contributed by atoms with Crippen LogP contribution in [0.15, 0.2) is 70.5 Å². The van der Waals surface area contributed by atoms with Gasteiger partial charge in [-0.1, -0.05) is 30.0 Å². The van der Waals surface area contributed by atoms with Gasteiger partial charge in [-0.25, -0.2) is 4.39 Å². The third-order valence-electron chi connectivity index (χ3n) is 6.85. The Morgan fingerprint density at radius 1 is 1.00 bits per heavy atom. The average Bonchev–Trinajstić information content (AvgIpc) is 2.96. The Balaban J connectivity index is 1.31. The van der Waals surface area contributed by atoms with E-state index in [1.54, 1.807) is 48.2 Å². The van der Waals surface area contributed by atoms with Crippen LogP contribution in [0.2, 0.25) is 0 Å². The number of benzene rings is 3. The van der Waals surface area contributed by atoms with Gasteiger partial charge in [-0.15, -0.1) is 0 Å². The predicted molar refractivity (Wildman–Crippen MR) is 152 cm³/mol. The normalized spacial score (nSPS) is 16.4. The minimum absolute atomic E-state index is 0.0975. The van der Waals surface area contributed by atoms with E-state index in [9.17, 15) is 14.0 Å². The van der Waals surface area contributed by atoms with Crippen molar-refractivity contribution >= 4 is 41.0 Å². The number of likely N-dealkylation sites (N-methyl/N-ethyl adjacent to an activating group) is 1. The van der Waals surface area contributed by atoms with Crippen molar-refractivity contribution in [1.82, 2.24) is 4.90 Å². The molecule has 1 fully saturated rings. The second-order valence-electron chi connectivity index (χ2n) is 9.23. The van der Waals surface area contributed by atoms with E-state index >= 15 is 0 Å². The summed E-state index contributed by atoms with van der Waals surface area (Å²) in [7, 11) is 3.30. The van der Waals surface area contributed by atoms with Crippen molar-refractivity contribution in [2.45, 2.75) is 11.8 Å². The van der Waals surface area contributed by atoms with Gasteiger partial charge in [0.05, 0.1) is 30.0 Å². The summed E-state index contributed by atoms with van der Waals surface area (Å²) in [5, 5.41) is 0. The Labute approximate surface area is 231 Å². The zero-order valence-electron chi connectivity index (χ0n) is 22.1. The molecule has 0 N–H and O–H groups in total. The molecule has 3 aromatic rings. The number of hydrogen-bond donors (Lipinski definition) is 0. The van der Waals surface area contributed by atoms with Gasteiger partial charge in [0.15, 0.2) is 11.5 Å². The highest BCUT2D eigenvalue weighted by Gasteiger charge is 2.29. The first kappa shape index (κ1) is 26.6. The topological polar surface area (TPSA) is 62.3 Å². The van der Waals surface area contributed by atoms with Crippen molar-refractivity contribution < 1.29 is 23.5 Å². The predicted octanol–water partition coefficient (Wildman–Crippen LogP) is 5.31. The van der Waals surface area contributed by atoms with Crippen LogP contribution in [-0.2, 0) is 4.79 Å². The number of piperazine rings is 1. The highest BCUT2D eigenvalue weighted by Crippen LogP contribution is 2.42. The third kappa shape index (κ3) is 5.45. The summed E-state index contributed by atoms with van der Waals surface area (Å²) in [6.07, 6.45) is 1.83. The van der Waals surface area contributed by atoms with Crippen LogP contribution in [-0.4, -0.2) is 63.7 Å². The molecule has 0 atom stereocenters. The Kier molecular flexibility index (Phi) is 7.79. The monoisotopic (exact) mass is 547 g/mol. The molecule has 0 aliphatic carbocycles. The van der Waals surface area contributed by atoms with Crippen molar-refractivity contribution in [2.24, 2.45) is 0 Å². The molecule has 0 aromatic heterocycles. The molecule has 0 spiro atoms. The summed E-state index contributed by atoms with van der Waals surface area (Å²) >= 11 is 1.38. The number of fused-ring (bicyclic) bond motifs is 1. The Hall–Kier alpha value is -3.98. The number of amides is 2. The molecule has 3 aromatic carbocycles. The van der Waals surface area contributed by atoms with Gasteiger partial charge in [0.1, 0.15) is 5.82 Å². The molecule has 2 heterocycles. The van der Waals surface area contributed by atoms with E-state index in [-0.39, 0.29) is 17.6 Å². The molecular formula is C30H30FN3O4S. The van der Waals surface area contributed by atoms with Crippen LogP contribution in [0.4, 0.5) is 15.8 Å². The first-order chi connectivity index (χ1) is 18.9. The minimum Gasteiger partial charge on any atom is -0.493 e. The van der Waals surface area contributed by atoms with Gasteiger partial charge < -0.3 is 24.2 Å². The standard InChI is InChI=1S/C30H30FN3O4S/c1-4-38-25-11-9-20(17-26(25)37-3)18-28-30(36)32(2)24-19-21(10-12-27(24)39-28)29(35)34-15-13-33(14-16-34)23-8-6-5-7-22(23)31/h5-12,17-19H,4,13-16H2,1-3H3. The molecule has 7 nitrogen and oxygen atoms in total. The summed E-state index contributed by atoms with van der Waals surface area (Å²) in [5.41, 5.74) is 2.60. The highest BCUT2D eigenvalue weighted by molar-refractivity contribution is 8.04. The second kappa shape index (κ2) is 11.4. The van der Waals surface area contributed by atoms with Crippen LogP contribution in [0.25, 0.3) is 6.08 Å². The van der Waals surface area contributed by atoms with Gasteiger partial charge >= 0.3 is 0 Å². The number of hydrogen-bond acceptors (Lipinski definition) is 6. The molecule has 0 saturated carbocycles. The molecule has 202 valence electrons. The molecule has 5 rings (SSSR count). The Morgan fingerprint density at radius 2 is 1.77 bits per heavy atom. The average molecular weight is 548 g/mol. The van der Waals surface area contributed by atoms with Crippen LogP contribution in [0.5, 0.6) is 11.5 Å². The summed E-state index contributed by atoms with van der Waals surface area (Å²) in [6, 6.07) is 17.7. The summed E-state index contributed by atoms with van der Waals surface area (Å²) in [6.45, 7) is 4.53. The van der Waals surface area contributed by atoms with Gasteiger partial charge in [0, 0.05) is 43.7 Å². The molecule has 0 unspecified atom stereocenters. The van der Waals surface area contributed by atoms with E-state index in [2.05, 4.69) is 0 Å². The molecule has 1 saturated heterocycles. The molecule has 2 aliphatic rings. The van der Waals surface area contributed by atoms with E-state index < -0.39 is 0 Å². The lowest BCUT2D eigenvalue weighted by molar-refractivity contribution is -0.114. The number of para-hydroxylation sites is 1. The molecule has 9 heteroatoms. The lowest BCUT2D eigenvalue weighted by Crippen LogP contribution is -2.49. The molecule has 39 heavy (non-hydrogen) atoms. The van der Waals surface area contributed by atoms with E-state index in [0.717, 1.165) is 10.5 Å². The smallest absolute Gasteiger partial charge is 0.264 e. The maximum atomic E-state index is 14.2. The fraction of sp³-hybridized carbons (Fsp3) is 0.267. The van der Waals surface area contributed by atoms with E-state index in [1.807, 2.05) is 48.2 Å². The lowest BCUT2D eigenvalue weighted by Gasteiger charge is -2.36. The molecule has 2 aliphatic heterocycles. The fourth-order valence-electron chi connectivity index (χ4n) is 4.77. The summed E-state index contributed by atoms with van der Waals surface area (Å²) in [4.78, 5) is 33.3. The van der Waals surface area contributed by atoms with Crippen molar-refractivity contribution in [3.8, 4) is 11.5 Å². The Bertz CT molecular complexity index is 1440. The maximum absolute atomic E-state index is 14.2. The molecule has 0 bridgehead atoms. The maximum Gasteiger partial charge on any atom is 0.264 e. The largest absolute Gasteiger partial charge is 0.493 e. The van der Waals surface area contributed by atoms with Gasteiger partial charge in [-0.05, 0) is 61.0 Å². The van der Waals surface area contributed by atoms with Crippen LogP contribution in [0.3, 0.4) is 0 Å². The second-order valence-corrected chi connectivity index (χ2v) is 10.3. The number of thioether (sulfide) groups is 1. The van der Waals surface area contributed by atoms with Crippen molar-refractivity contribution in [2.75, 3.05) is 56.7 Å². The van der Waals surface area contributed by atoms with Gasteiger partial charge in [-0.2, -0.15) is 0 Å². The number of methoxy groups -OCH3 is 1. The first-order valence-electron chi connectivity index (χ1n) is 12.8. The SMILES string of the molecule is CCOc1ccc(C=C2Sc3ccc(C(=O)N4CCN(c5ccccc5F)CC4)cc3N(C)C2=O)cc1OC. The van der Waals surface area contributed by atoms with Crippen LogP contribution in [0, 0.1) is 5.82 Å². The number of anilines is 2. The van der Waals surface area contributed by atoms with Gasteiger partial charge in [0.2, 0.25) is 0 Å². The number of rotatable bonds is 6. The first-order valence-corrected chi connectivity index (χ1v) is 13.6. The summed E-state index contributed by atoms with van der Waals surface area (Å²) in [5.74, 6) is 0.750. The number of carbonyl (C=O) groups excluding carboxylic acids is 2. The van der Waals surface area contributed by atoms with E-state index in [1.165, 1.54) is 17.8 Å². The van der Waals surface area contributed by atoms with Crippen LogP contribution in [0.1, 0.15) is 22.8 Å². The fourth-order valence-corrected chi connectivity index (χ4v) is 5.86. The molecule has 2 amide bonds. The van der Waals surface area contributed by atoms with E-state index in [0.29, 0.717) is 66.1 Å².